The molecule has 1 saturated heterocycles. The van der Waals surface area contributed by atoms with E-state index in [2.05, 4.69) is 44.8 Å². The van der Waals surface area contributed by atoms with Crippen LogP contribution in [0.25, 0.3) is 0 Å². The summed E-state index contributed by atoms with van der Waals surface area (Å²) < 4.78 is 6.50. The molecule has 0 bridgehead atoms. The maximum absolute atomic E-state index is 6.12. The van der Waals surface area contributed by atoms with Gasteiger partial charge < -0.3 is 4.90 Å². The van der Waals surface area contributed by atoms with Crippen molar-refractivity contribution in [3.8, 4) is 0 Å². The van der Waals surface area contributed by atoms with Crippen molar-refractivity contribution in [1.29, 1.82) is 0 Å². The molecule has 23 heavy (non-hydrogen) atoms. The van der Waals surface area contributed by atoms with E-state index in [4.69, 9.17) is 11.6 Å². The van der Waals surface area contributed by atoms with E-state index in [0.29, 0.717) is 16.3 Å². The van der Waals surface area contributed by atoms with Gasteiger partial charge in [0.05, 0.1) is 6.20 Å². The number of hydrogen-bond acceptors (Lipinski definition) is 6. The highest BCUT2D eigenvalue weighted by Crippen LogP contribution is 2.35. The minimum atomic E-state index is 0.420. The Kier molecular flexibility index (Phi) is 5.31. The van der Waals surface area contributed by atoms with Gasteiger partial charge in [-0.2, -0.15) is 5.10 Å². The monoisotopic (exact) mass is 354 g/mol. The quantitative estimate of drug-likeness (QED) is 0.825. The van der Waals surface area contributed by atoms with Crippen LogP contribution < -0.4 is 0 Å². The lowest BCUT2D eigenvalue weighted by molar-refractivity contribution is 0.0922. The first-order valence-electron chi connectivity index (χ1n) is 7.88. The van der Waals surface area contributed by atoms with Crippen LogP contribution in [0, 0.1) is 5.92 Å². The molecule has 3 rings (SSSR count). The van der Waals surface area contributed by atoms with E-state index in [1.165, 1.54) is 29.9 Å². The fraction of sp³-hybridized carbons (Fsp3) is 0.667. The number of likely N-dealkylation sites (tertiary alicyclic amines) is 1. The van der Waals surface area contributed by atoms with Gasteiger partial charge in [0.25, 0.3) is 0 Å². The van der Waals surface area contributed by atoms with Gasteiger partial charge in [-0.05, 0) is 39.4 Å². The number of aryl methyl sites for hydroxylation is 1. The molecule has 0 unspecified atom stereocenters. The lowest BCUT2D eigenvalue weighted by atomic mass is 9.86. The van der Waals surface area contributed by atoms with E-state index in [0.717, 1.165) is 25.3 Å². The second kappa shape index (κ2) is 7.25. The number of nitrogens with zero attached hydrogens (tertiary/aromatic N) is 6. The molecule has 0 radical (unpaired) electrons. The Labute approximate surface area is 146 Å². The van der Waals surface area contributed by atoms with Crippen molar-refractivity contribution in [2.75, 3.05) is 27.2 Å². The highest BCUT2D eigenvalue weighted by atomic mass is 35.5. The number of rotatable bonds is 5. The maximum Gasteiger partial charge on any atom is 0.138 e. The summed E-state index contributed by atoms with van der Waals surface area (Å²) in [4.78, 5) is 4.76. The topological polar surface area (TPSA) is 50.1 Å². The standard InChI is InChI=1S/C15H23ClN6S/c1-20(10-13-15(16)23-19-18-13)8-11-5-4-6-21(2)14(11)12-7-17-22(3)9-12/h7,9,11,14H,4-6,8,10H2,1-3H3/t11-,14+/m0/s1. The van der Waals surface area contributed by atoms with Crippen LogP contribution in [0.2, 0.25) is 4.34 Å². The van der Waals surface area contributed by atoms with Crippen LogP contribution >= 0.6 is 23.1 Å². The minimum Gasteiger partial charge on any atom is -0.300 e. The molecule has 1 aliphatic heterocycles. The van der Waals surface area contributed by atoms with Gasteiger partial charge in [-0.1, -0.05) is 16.1 Å². The van der Waals surface area contributed by atoms with Gasteiger partial charge in [0.15, 0.2) is 0 Å². The molecule has 8 heteroatoms. The van der Waals surface area contributed by atoms with Gasteiger partial charge in [0.1, 0.15) is 10.0 Å². The van der Waals surface area contributed by atoms with Crippen molar-refractivity contribution in [1.82, 2.24) is 29.2 Å². The Morgan fingerprint density at radius 1 is 1.43 bits per heavy atom. The zero-order chi connectivity index (χ0) is 16.4. The SMILES string of the molecule is CN(Cc1nnsc1Cl)C[C@@H]1CCCN(C)[C@H]1c1cnn(C)c1. The molecule has 0 amide bonds. The Hall–Kier alpha value is -1.02. The highest BCUT2D eigenvalue weighted by molar-refractivity contribution is 7.10. The smallest absolute Gasteiger partial charge is 0.138 e. The van der Waals surface area contributed by atoms with Gasteiger partial charge in [-0.3, -0.25) is 9.58 Å². The first kappa shape index (κ1) is 16.8. The average Bonchev–Trinajstić information content (AvgIpc) is 3.08. The first-order chi connectivity index (χ1) is 11.0. The molecule has 126 valence electrons. The molecule has 1 fully saturated rings. The number of hydrogen-bond donors (Lipinski definition) is 0. The molecule has 2 aromatic rings. The van der Waals surface area contributed by atoms with Gasteiger partial charge in [-0.15, -0.1) is 5.10 Å². The number of piperidine rings is 1. The van der Waals surface area contributed by atoms with E-state index in [1.807, 2.05) is 17.9 Å². The summed E-state index contributed by atoms with van der Waals surface area (Å²) in [6.07, 6.45) is 6.61. The van der Waals surface area contributed by atoms with Crippen molar-refractivity contribution < 1.29 is 0 Å². The summed E-state index contributed by atoms with van der Waals surface area (Å²) in [6, 6.07) is 0.420. The molecular weight excluding hydrogens is 332 g/mol. The van der Waals surface area contributed by atoms with E-state index < -0.39 is 0 Å². The van der Waals surface area contributed by atoms with Gasteiger partial charge in [0, 0.05) is 49.5 Å². The molecule has 1 aliphatic rings. The Morgan fingerprint density at radius 3 is 2.91 bits per heavy atom. The van der Waals surface area contributed by atoms with E-state index in [-0.39, 0.29) is 0 Å². The Bertz CT molecular complexity index is 641. The van der Waals surface area contributed by atoms with Crippen LogP contribution in [0.4, 0.5) is 0 Å². The highest BCUT2D eigenvalue weighted by Gasteiger charge is 2.32. The van der Waals surface area contributed by atoms with Crippen molar-refractivity contribution in [2.24, 2.45) is 13.0 Å². The third-order valence-electron chi connectivity index (χ3n) is 4.55. The average molecular weight is 355 g/mol. The van der Waals surface area contributed by atoms with Crippen LogP contribution in [0.3, 0.4) is 0 Å². The minimum absolute atomic E-state index is 0.420. The van der Waals surface area contributed by atoms with E-state index >= 15 is 0 Å². The predicted octanol–water partition coefficient (Wildman–Crippen LogP) is 2.44. The second-order valence-corrected chi connectivity index (χ2v) is 7.82. The summed E-state index contributed by atoms with van der Waals surface area (Å²) in [5, 5.41) is 8.47. The molecule has 0 aliphatic carbocycles. The number of halogens is 1. The molecule has 3 heterocycles. The third-order valence-corrected chi connectivity index (χ3v) is 5.53. The fourth-order valence-electron chi connectivity index (χ4n) is 3.58. The predicted molar refractivity (Wildman–Crippen MR) is 92.6 cm³/mol. The van der Waals surface area contributed by atoms with Crippen molar-refractivity contribution >= 4 is 23.1 Å². The van der Waals surface area contributed by atoms with Crippen molar-refractivity contribution in [3.05, 3.63) is 28.0 Å². The molecule has 0 aromatic carbocycles. The lowest BCUT2D eigenvalue weighted by Crippen LogP contribution is -2.40. The molecular formula is C15H23ClN6S. The molecule has 2 aromatic heterocycles. The van der Waals surface area contributed by atoms with Gasteiger partial charge in [-0.25, -0.2) is 0 Å². The third kappa shape index (κ3) is 3.91. The van der Waals surface area contributed by atoms with E-state index in [9.17, 15) is 0 Å². The van der Waals surface area contributed by atoms with Crippen LogP contribution in [0.1, 0.15) is 30.1 Å². The summed E-state index contributed by atoms with van der Waals surface area (Å²) in [5.74, 6) is 0.577. The van der Waals surface area contributed by atoms with Crippen LogP contribution in [-0.4, -0.2) is 56.4 Å². The molecule has 0 saturated carbocycles. The summed E-state index contributed by atoms with van der Waals surface area (Å²) >= 11 is 7.38. The molecule has 6 nitrogen and oxygen atoms in total. The zero-order valence-corrected chi connectivity index (χ0v) is 15.4. The molecule has 0 N–H and O–H groups in total. The lowest BCUT2D eigenvalue weighted by Gasteiger charge is -2.40. The van der Waals surface area contributed by atoms with Crippen molar-refractivity contribution in [3.63, 3.8) is 0 Å². The van der Waals surface area contributed by atoms with Gasteiger partial charge >= 0.3 is 0 Å². The van der Waals surface area contributed by atoms with Crippen LogP contribution in [0.15, 0.2) is 12.4 Å². The van der Waals surface area contributed by atoms with Crippen LogP contribution in [-0.2, 0) is 13.6 Å². The summed E-state index contributed by atoms with van der Waals surface area (Å²) in [7, 11) is 6.32. The number of aromatic nitrogens is 4. The Balaban J connectivity index is 1.70. The summed E-state index contributed by atoms with van der Waals surface area (Å²) in [6.45, 7) is 2.90. The fourth-order valence-corrected chi connectivity index (χ4v) is 4.19. The zero-order valence-electron chi connectivity index (χ0n) is 13.8. The summed E-state index contributed by atoms with van der Waals surface area (Å²) in [5.41, 5.74) is 2.18. The first-order valence-corrected chi connectivity index (χ1v) is 9.03. The normalized spacial score (nSPS) is 22.8. The molecule has 0 spiro atoms. The molecule has 2 atom stereocenters. The van der Waals surface area contributed by atoms with Gasteiger partial charge in [0.2, 0.25) is 0 Å². The largest absolute Gasteiger partial charge is 0.300 e. The van der Waals surface area contributed by atoms with Crippen LogP contribution in [0.5, 0.6) is 0 Å². The maximum atomic E-state index is 6.12. The van der Waals surface area contributed by atoms with Crippen molar-refractivity contribution in [2.45, 2.75) is 25.4 Å². The second-order valence-electron chi connectivity index (χ2n) is 6.47. The Morgan fingerprint density at radius 2 is 2.26 bits per heavy atom. The van der Waals surface area contributed by atoms with E-state index in [1.54, 1.807) is 0 Å².